The van der Waals surface area contributed by atoms with Crippen molar-refractivity contribution < 1.29 is 28.7 Å². The van der Waals surface area contributed by atoms with Crippen molar-refractivity contribution in [1.29, 1.82) is 0 Å². The van der Waals surface area contributed by atoms with Crippen LogP contribution in [0.5, 0.6) is 5.75 Å². The Morgan fingerprint density at radius 3 is 2.50 bits per heavy atom. The van der Waals surface area contributed by atoms with E-state index in [1.807, 2.05) is 0 Å². The number of carbonyl (C=O) groups is 5. The average Bonchev–Trinajstić information content (AvgIpc) is 3.42. The first kappa shape index (κ1) is 23.0. The van der Waals surface area contributed by atoms with E-state index in [2.05, 4.69) is 16.0 Å². The Hall–Kier alpha value is -3.63. The SMILES string of the molecule is COc1ccc(NC(=O)C2CCCN2C(=O)C(CC(N)=O)NC(=O)C2CCC(=O)N2)cc1. The van der Waals surface area contributed by atoms with Gasteiger partial charge in [-0.05, 0) is 43.5 Å². The number of nitrogens with one attached hydrogen (secondary N) is 3. The molecule has 2 aliphatic rings. The van der Waals surface area contributed by atoms with Crippen molar-refractivity contribution in [3.05, 3.63) is 24.3 Å². The number of hydrogen-bond donors (Lipinski definition) is 4. The number of anilines is 1. The fraction of sp³-hybridized carbons (Fsp3) is 0.476. The number of hydrogen-bond acceptors (Lipinski definition) is 6. The molecule has 11 heteroatoms. The van der Waals surface area contributed by atoms with Gasteiger partial charge in [-0.15, -0.1) is 0 Å². The molecule has 3 atom stereocenters. The summed E-state index contributed by atoms with van der Waals surface area (Å²) in [5.41, 5.74) is 5.83. The molecule has 0 aromatic heterocycles. The first-order valence-electron chi connectivity index (χ1n) is 10.4. The van der Waals surface area contributed by atoms with E-state index in [9.17, 15) is 24.0 Å². The number of benzene rings is 1. The highest BCUT2D eigenvalue weighted by molar-refractivity contribution is 6.00. The second-order valence-electron chi connectivity index (χ2n) is 7.80. The van der Waals surface area contributed by atoms with E-state index in [1.165, 1.54) is 12.0 Å². The molecule has 0 spiro atoms. The van der Waals surface area contributed by atoms with Crippen LogP contribution in [0.1, 0.15) is 32.1 Å². The van der Waals surface area contributed by atoms with Crippen LogP contribution in [0.15, 0.2) is 24.3 Å². The molecule has 5 amide bonds. The lowest BCUT2D eigenvalue weighted by Gasteiger charge is -2.28. The van der Waals surface area contributed by atoms with Gasteiger partial charge >= 0.3 is 0 Å². The zero-order chi connectivity index (χ0) is 23.3. The van der Waals surface area contributed by atoms with Gasteiger partial charge in [0.15, 0.2) is 0 Å². The maximum absolute atomic E-state index is 13.2. The Morgan fingerprint density at radius 2 is 1.91 bits per heavy atom. The van der Waals surface area contributed by atoms with Gasteiger partial charge in [0.2, 0.25) is 29.5 Å². The molecule has 1 aromatic carbocycles. The molecule has 0 saturated carbocycles. The highest BCUT2D eigenvalue weighted by atomic mass is 16.5. The average molecular weight is 445 g/mol. The monoisotopic (exact) mass is 445 g/mol. The molecule has 172 valence electrons. The van der Waals surface area contributed by atoms with Gasteiger partial charge in [-0.25, -0.2) is 0 Å². The summed E-state index contributed by atoms with van der Waals surface area (Å²) in [6.07, 6.45) is 1.16. The van der Waals surface area contributed by atoms with Crippen LogP contribution in [0, 0.1) is 0 Å². The lowest BCUT2D eigenvalue weighted by Crippen LogP contribution is -2.56. The molecule has 3 rings (SSSR count). The Bertz CT molecular complexity index is 902. The molecule has 0 bridgehead atoms. The number of nitrogens with two attached hydrogens (primary N) is 1. The van der Waals surface area contributed by atoms with Crippen LogP contribution in [0.4, 0.5) is 5.69 Å². The largest absolute Gasteiger partial charge is 0.497 e. The number of likely N-dealkylation sites (tertiary alicyclic amines) is 1. The van der Waals surface area contributed by atoms with Crippen molar-refractivity contribution in [3.63, 3.8) is 0 Å². The van der Waals surface area contributed by atoms with Crippen molar-refractivity contribution >= 4 is 35.2 Å². The summed E-state index contributed by atoms with van der Waals surface area (Å²) in [6, 6.07) is 4.04. The van der Waals surface area contributed by atoms with Crippen molar-refractivity contribution in [2.75, 3.05) is 19.0 Å². The molecule has 32 heavy (non-hydrogen) atoms. The predicted octanol–water partition coefficient (Wildman–Crippen LogP) is -0.736. The Kier molecular flexibility index (Phi) is 7.29. The third kappa shape index (κ3) is 5.54. The van der Waals surface area contributed by atoms with Gasteiger partial charge in [-0.2, -0.15) is 0 Å². The number of carbonyl (C=O) groups excluding carboxylic acids is 5. The van der Waals surface area contributed by atoms with Crippen molar-refractivity contribution in [2.45, 2.75) is 50.2 Å². The van der Waals surface area contributed by atoms with Gasteiger partial charge in [-0.3, -0.25) is 24.0 Å². The highest BCUT2D eigenvalue weighted by Crippen LogP contribution is 2.22. The summed E-state index contributed by atoms with van der Waals surface area (Å²) in [5.74, 6) is -1.87. The molecular formula is C21H27N5O6. The van der Waals surface area contributed by atoms with Crippen LogP contribution in [-0.2, 0) is 24.0 Å². The maximum Gasteiger partial charge on any atom is 0.247 e. The third-order valence-corrected chi connectivity index (χ3v) is 5.53. The molecule has 3 unspecified atom stereocenters. The van der Waals surface area contributed by atoms with Crippen LogP contribution in [0.3, 0.4) is 0 Å². The minimum atomic E-state index is -1.22. The molecule has 2 heterocycles. The molecule has 0 radical (unpaired) electrons. The van der Waals surface area contributed by atoms with Gasteiger partial charge in [0.05, 0.1) is 13.5 Å². The Labute approximate surface area is 185 Å². The van der Waals surface area contributed by atoms with E-state index in [0.717, 1.165) is 0 Å². The molecule has 2 fully saturated rings. The maximum atomic E-state index is 13.2. The predicted molar refractivity (Wildman–Crippen MR) is 113 cm³/mol. The van der Waals surface area contributed by atoms with E-state index in [1.54, 1.807) is 24.3 Å². The van der Waals surface area contributed by atoms with E-state index < -0.39 is 42.3 Å². The van der Waals surface area contributed by atoms with Gasteiger partial charge < -0.3 is 31.3 Å². The highest BCUT2D eigenvalue weighted by Gasteiger charge is 2.39. The molecule has 11 nitrogen and oxygen atoms in total. The lowest BCUT2D eigenvalue weighted by molar-refractivity contribution is -0.141. The molecule has 0 aliphatic carbocycles. The summed E-state index contributed by atoms with van der Waals surface area (Å²) < 4.78 is 5.09. The standard InChI is InChI=1S/C21H27N5O6/c1-32-13-6-4-12(5-7-13)23-20(30)16-3-2-10-26(16)21(31)15(11-17(22)27)25-19(29)14-8-9-18(28)24-14/h4-7,14-16H,2-3,8-11H2,1H3,(H2,22,27)(H,23,30)(H,24,28)(H,25,29). The fourth-order valence-electron chi connectivity index (χ4n) is 3.89. The van der Waals surface area contributed by atoms with E-state index in [-0.39, 0.29) is 18.2 Å². The minimum Gasteiger partial charge on any atom is -0.497 e. The van der Waals surface area contributed by atoms with Crippen molar-refractivity contribution in [2.24, 2.45) is 5.73 Å². The zero-order valence-corrected chi connectivity index (χ0v) is 17.8. The third-order valence-electron chi connectivity index (χ3n) is 5.53. The number of ether oxygens (including phenoxy) is 1. The quantitative estimate of drug-likeness (QED) is 0.412. The molecular weight excluding hydrogens is 418 g/mol. The van der Waals surface area contributed by atoms with E-state index >= 15 is 0 Å². The number of rotatable bonds is 8. The number of methoxy groups -OCH3 is 1. The van der Waals surface area contributed by atoms with Gasteiger partial charge in [0.1, 0.15) is 23.9 Å². The molecule has 1 aromatic rings. The summed E-state index contributed by atoms with van der Waals surface area (Å²) in [7, 11) is 1.54. The summed E-state index contributed by atoms with van der Waals surface area (Å²) >= 11 is 0. The first-order valence-corrected chi connectivity index (χ1v) is 10.4. The van der Waals surface area contributed by atoms with Gasteiger partial charge in [0.25, 0.3) is 0 Å². The number of amides is 5. The first-order chi connectivity index (χ1) is 15.3. The topological polar surface area (TPSA) is 160 Å². The van der Waals surface area contributed by atoms with Crippen LogP contribution in [0.25, 0.3) is 0 Å². The van der Waals surface area contributed by atoms with Crippen LogP contribution in [0.2, 0.25) is 0 Å². The van der Waals surface area contributed by atoms with Crippen molar-refractivity contribution in [3.8, 4) is 5.75 Å². The number of nitrogens with zero attached hydrogens (tertiary/aromatic N) is 1. The van der Waals surface area contributed by atoms with Crippen LogP contribution >= 0.6 is 0 Å². The van der Waals surface area contributed by atoms with Gasteiger partial charge in [-0.1, -0.05) is 0 Å². The Morgan fingerprint density at radius 1 is 1.19 bits per heavy atom. The lowest BCUT2D eigenvalue weighted by atomic mass is 10.1. The molecule has 2 saturated heterocycles. The van der Waals surface area contributed by atoms with E-state index in [0.29, 0.717) is 37.2 Å². The zero-order valence-electron chi connectivity index (χ0n) is 17.8. The van der Waals surface area contributed by atoms with Crippen LogP contribution < -0.4 is 26.4 Å². The smallest absolute Gasteiger partial charge is 0.247 e. The van der Waals surface area contributed by atoms with Crippen molar-refractivity contribution in [1.82, 2.24) is 15.5 Å². The summed E-state index contributed by atoms with van der Waals surface area (Å²) in [5, 5.41) is 7.81. The second kappa shape index (κ2) is 10.1. The summed E-state index contributed by atoms with van der Waals surface area (Å²) in [6.45, 7) is 0.310. The normalized spacial score (nSPS) is 20.9. The van der Waals surface area contributed by atoms with E-state index in [4.69, 9.17) is 10.5 Å². The second-order valence-corrected chi connectivity index (χ2v) is 7.80. The summed E-state index contributed by atoms with van der Waals surface area (Å²) in [4.78, 5) is 62.7. The minimum absolute atomic E-state index is 0.215. The number of primary amides is 1. The van der Waals surface area contributed by atoms with Crippen LogP contribution in [-0.4, -0.2) is 66.2 Å². The molecule has 2 aliphatic heterocycles. The fourth-order valence-corrected chi connectivity index (χ4v) is 3.89. The Balaban J connectivity index is 1.68. The molecule has 5 N–H and O–H groups in total. The van der Waals surface area contributed by atoms with Gasteiger partial charge in [0, 0.05) is 18.7 Å².